The van der Waals surface area contributed by atoms with E-state index < -0.39 is 0 Å². The average molecular weight is 404 g/mol. The van der Waals surface area contributed by atoms with Gasteiger partial charge in [-0.15, -0.1) is 0 Å². The molecule has 1 rings (SSSR count). The summed E-state index contributed by atoms with van der Waals surface area (Å²) in [6.45, 7) is 2.33. The van der Waals surface area contributed by atoms with Crippen LogP contribution in [0, 0.1) is 14.9 Å². The molecule has 0 aliphatic rings. The Bertz CT molecular complexity index is 557. The van der Waals surface area contributed by atoms with E-state index in [1.54, 1.807) is 12.3 Å². The number of hydrazone groups is 1. The monoisotopic (exact) mass is 404 g/mol. The minimum Gasteiger partial charge on any atom is -0.490 e. The number of nitrogens with two attached hydrogens (primary N) is 1. The molecule has 0 bridgehead atoms. The molecule has 0 saturated carbocycles. The van der Waals surface area contributed by atoms with Gasteiger partial charge in [0.05, 0.1) is 16.4 Å². The standard InChI is InChI=1S/C12H13IN4O2S/c1-2-18-10-6-8(7-16-17-12(15)20)5-9(13)11(10)19-4-3-14/h5-7H,2,4H2,1H3,(H3,15,17,20). The third-order valence-electron chi connectivity index (χ3n) is 2.00. The molecular weight excluding hydrogens is 391 g/mol. The van der Waals surface area contributed by atoms with Crippen LogP contribution in [-0.2, 0) is 0 Å². The molecule has 0 aliphatic heterocycles. The molecule has 6 nitrogen and oxygen atoms in total. The van der Waals surface area contributed by atoms with Crippen molar-refractivity contribution in [2.24, 2.45) is 10.8 Å². The highest BCUT2D eigenvalue weighted by molar-refractivity contribution is 14.1. The third kappa shape index (κ3) is 5.18. The zero-order valence-corrected chi connectivity index (χ0v) is 13.7. The minimum atomic E-state index is -0.0352. The van der Waals surface area contributed by atoms with Crippen LogP contribution in [0.2, 0.25) is 0 Å². The number of nitriles is 1. The third-order valence-corrected chi connectivity index (χ3v) is 2.89. The van der Waals surface area contributed by atoms with Crippen molar-refractivity contribution in [3.63, 3.8) is 0 Å². The maximum Gasteiger partial charge on any atom is 0.184 e. The second kappa shape index (κ2) is 8.55. The van der Waals surface area contributed by atoms with E-state index in [1.165, 1.54) is 0 Å². The first-order chi connectivity index (χ1) is 9.58. The van der Waals surface area contributed by atoms with Gasteiger partial charge in [0.2, 0.25) is 0 Å². The van der Waals surface area contributed by atoms with Crippen molar-refractivity contribution in [3.05, 3.63) is 21.3 Å². The van der Waals surface area contributed by atoms with E-state index in [0.29, 0.717) is 18.1 Å². The van der Waals surface area contributed by atoms with E-state index >= 15 is 0 Å². The van der Waals surface area contributed by atoms with Crippen molar-refractivity contribution >= 4 is 46.1 Å². The Morgan fingerprint density at radius 1 is 1.60 bits per heavy atom. The van der Waals surface area contributed by atoms with Crippen LogP contribution in [0.3, 0.4) is 0 Å². The lowest BCUT2D eigenvalue weighted by molar-refractivity contribution is 0.297. The van der Waals surface area contributed by atoms with Crippen LogP contribution in [-0.4, -0.2) is 24.5 Å². The number of nitrogens with zero attached hydrogens (tertiary/aromatic N) is 2. The van der Waals surface area contributed by atoms with Gasteiger partial charge in [-0.25, -0.2) is 0 Å². The molecule has 0 aromatic heterocycles. The summed E-state index contributed by atoms with van der Waals surface area (Å²) in [5.41, 5.74) is 8.54. The van der Waals surface area contributed by atoms with Crippen LogP contribution >= 0.6 is 34.8 Å². The highest BCUT2D eigenvalue weighted by atomic mass is 127. The quantitative estimate of drug-likeness (QED) is 0.325. The Kier molecular flexibility index (Phi) is 7.03. The summed E-state index contributed by atoms with van der Waals surface area (Å²) in [4.78, 5) is 0. The highest BCUT2D eigenvalue weighted by Crippen LogP contribution is 2.33. The fraction of sp³-hybridized carbons (Fsp3) is 0.250. The summed E-state index contributed by atoms with van der Waals surface area (Å²) < 4.78 is 11.7. The van der Waals surface area contributed by atoms with Crippen LogP contribution in [0.1, 0.15) is 12.5 Å². The second-order valence-corrected chi connectivity index (χ2v) is 5.05. The number of ether oxygens (including phenoxy) is 2. The number of rotatable bonds is 6. The lowest BCUT2D eigenvalue weighted by Gasteiger charge is -2.12. The molecule has 0 spiro atoms. The SMILES string of the molecule is CCOc1cc(C=NNC(N)=S)cc(I)c1OCC#N. The Balaban J connectivity index is 3.03. The molecule has 1 aromatic carbocycles. The van der Waals surface area contributed by atoms with Crippen molar-refractivity contribution in [3.8, 4) is 17.6 Å². The maximum absolute atomic E-state index is 8.59. The summed E-state index contributed by atoms with van der Waals surface area (Å²) in [6, 6.07) is 5.54. The summed E-state index contributed by atoms with van der Waals surface area (Å²) in [5.74, 6) is 1.11. The van der Waals surface area contributed by atoms with Crippen molar-refractivity contribution in [1.29, 1.82) is 5.26 Å². The van der Waals surface area contributed by atoms with E-state index in [2.05, 4.69) is 45.3 Å². The molecule has 3 N–H and O–H groups in total. The summed E-state index contributed by atoms with van der Waals surface area (Å²) in [6.07, 6.45) is 1.57. The van der Waals surface area contributed by atoms with Crippen LogP contribution in [0.4, 0.5) is 0 Å². The van der Waals surface area contributed by atoms with E-state index in [-0.39, 0.29) is 11.7 Å². The number of hydrogen-bond donors (Lipinski definition) is 2. The first-order valence-electron chi connectivity index (χ1n) is 5.63. The highest BCUT2D eigenvalue weighted by Gasteiger charge is 2.11. The van der Waals surface area contributed by atoms with E-state index in [0.717, 1.165) is 9.13 Å². The van der Waals surface area contributed by atoms with Crippen molar-refractivity contribution in [1.82, 2.24) is 5.43 Å². The lowest BCUT2D eigenvalue weighted by atomic mass is 10.2. The molecule has 0 radical (unpaired) electrons. The molecule has 0 heterocycles. The first-order valence-corrected chi connectivity index (χ1v) is 7.11. The number of hydrogen-bond acceptors (Lipinski definition) is 5. The molecule has 0 aliphatic carbocycles. The number of thiocarbonyl (C=S) groups is 1. The van der Waals surface area contributed by atoms with Crippen LogP contribution in [0.25, 0.3) is 0 Å². The fourth-order valence-electron chi connectivity index (χ4n) is 1.34. The van der Waals surface area contributed by atoms with Crippen molar-refractivity contribution in [2.45, 2.75) is 6.92 Å². The molecule has 0 unspecified atom stereocenters. The fourth-order valence-corrected chi connectivity index (χ4v) is 2.17. The van der Waals surface area contributed by atoms with E-state index in [9.17, 15) is 0 Å². The van der Waals surface area contributed by atoms with Gasteiger partial charge in [0.15, 0.2) is 23.2 Å². The van der Waals surface area contributed by atoms with Gasteiger partial charge < -0.3 is 15.2 Å². The van der Waals surface area contributed by atoms with Gasteiger partial charge in [0, 0.05) is 0 Å². The predicted octanol–water partition coefficient (Wildman–Crippen LogP) is 1.76. The van der Waals surface area contributed by atoms with Crippen LogP contribution in [0.5, 0.6) is 11.5 Å². The largest absolute Gasteiger partial charge is 0.490 e. The molecule has 0 atom stereocenters. The van der Waals surface area contributed by atoms with Gasteiger partial charge in [0.25, 0.3) is 0 Å². The number of nitrogens with one attached hydrogen (secondary N) is 1. The topological polar surface area (TPSA) is 92.7 Å². The Morgan fingerprint density at radius 3 is 2.95 bits per heavy atom. The number of benzene rings is 1. The smallest absolute Gasteiger partial charge is 0.184 e. The van der Waals surface area contributed by atoms with Gasteiger partial charge >= 0.3 is 0 Å². The average Bonchev–Trinajstić information content (AvgIpc) is 2.38. The van der Waals surface area contributed by atoms with Gasteiger partial charge in [-0.1, -0.05) is 0 Å². The molecule has 8 heteroatoms. The Morgan fingerprint density at radius 2 is 2.35 bits per heavy atom. The molecule has 0 amide bonds. The Labute approximate surface area is 136 Å². The molecule has 106 valence electrons. The second-order valence-electron chi connectivity index (χ2n) is 3.44. The zero-order chi connectivity index (χ0) is 15.0. The predicted molar refractivity (Wildman–Crippen MR) is 89.0 cm³/mol. The first kappa shape index (κ1) is 16.5. The summed E-state index contributed by atoms with van der Waals surface area (Å²) >= 11 is 6.76. The molecule has 0 fully saturated rings. The maximum atomic E-state index is 8.59. The van der Waals surface area contributed by atoms with Gasteiger partial charge in [-0.2, -0.15) is 10.4 Å². The minimum absolute atomic E-state index is 0.0352. The lowest BCUT2D eigenvalue weighted by Crippen LogP contribution is -2.24. The zero-order valence-electron chi connectivity index (χ0n) is 10.7. The normalized spacial score (nSPS) is 10.1. The van der Waals surface area contributed by atoms with Gasteiger partial charge in [-0.3, -0.25) is 5.43 Å². The molecule has 0 saturated heterocycles. The van der Waals surface area contributed by atoms with Crippen LogP contribution in [0.15, 0.2) is 17.2 Å². The van der Waals surface area contributed by atoms with Gasteiger partial charge in [-0.05, 0) is 59.4 Å². The summed E-state index contributed by atoms with van der Waals surface area (Å²) in [7, 11) is 0. The van der Waals surface area contributed by atoms with Crippen molar-refractivity contribution in [2.75, 3.05) is 13.2 Å². The number of halogens is 1. The van der Waals surface area contributed by atoms with E-state index in [1.807, 2.05) is 19.1 Å². The van der Waals surface area contributed by atoms with Crippen LogP contribution < -0.4 is 20.6 Å². The molecule has 20 heavy (non-hydrogen) atoms. The van der Waals surface area contributed by atoms with Crippen molar-refractivity contribution < 1.29 is 9.47 Å². The van der Waals surface area contributed by atoms with Gasteiger partial charge in [0.1, 0.15) is 6.07 Å². The Hall–Kier alpha value is -1.60. The molecular formula is C12H13IN4O2S. The molecule has 1 aromatic rings. The summed E-state index contributed by atoms with van der Waals surface area (Å²) in [5, 5.41) is 12.6. The van der Waals surface area contributed by atoms with E-state index in [4.69, 9.17) is 20.5 Å².